The number of nitrogens with one attached hydrogen (secondary N) is 1. The molecule has 1 saturated heterocycles. The number of ether oxygens (including phenoxy) is 1. The molecule has 2 atom stereocenters. The molecular weight excluding hydrogens is 340 g/mol. The van der Waals surface area contributed by atoms with Crippen LogP contribution in [0.25, 0.3) is 0 Å². The molecule has 0 aliphatic carbocycles. The van der Waals surface area contributed by atoms with Gasteiger partial charge < -0.3 is 10.1 Å². The first-order valence-electron chi connectivity index (χ1n) is 8.57. The zero-order valence-corrected chi connectivity index (χ0v) is 16.2. The second-order valence-corrected chi connectivity index (χ2v) is 9.15. The number of benzene rings is 1. The summed E-state index contributed by atoms with van der Waals surface area (Å²) in [5.41, 5.74) is 0.415. The van der Waals surface area contributed by atoms with Crippen molar-refractivity contribution in [3.8, 4) is 5.75 Å². The van der Waals surface area contributed by atoms with E-state index in [9.17, 15) is 13.2 Å². The highest BCUT2D eigenvalue weighted by atomic mass is 32.2. The first-order chi connectivity index (χ1) is 11.7. The molecule has 1 N–H and O–H groups in total. The lowest BCUT2D eigenvalue weighted by Gasteiger charge is -2.30. The summed E-state index contributed by atoms with van der Waals surface area (Å²) in [6.07, 6.45) is 0.471. The Morgan fingerprint density at radius 3 is 2.72 bits per heavy atom. The number of hydrogen-bond donors (Lipinski definition) is 1. The van der Waals surface area contributed by atoms with E-state index in [0.717, 1.165) is 11.3 Å². The summed E-state index contributed by atoms with van der Waals surface area (Å²) in [7, 11) is -1.41. The van der Waals surface area contributed by atoms with Gasteiger partial charge in [-0.2, -0.15) is 0 Å². The summed E-state index contributed by atoms with van der Waals surface area (Å²) in [6, 6.07) is 7.85. The van der Waals surface area contributed by atoms with Crippen molar-refractivity contribution in [1.82, 2.24) is 10.2 Å². The minimum absolute atomic E-state index is 0.0172. The fraction of sp³-hybridized carbons (Fsp3) is 0.611. The van der Waals surface area contributed by atoms with Gasteiger partial charge in [0.2, 0.25) is 5.91 Å². The first kappa shape index (κ1) is 19.7. The highest BCUT2D eigenvalue weighted by Crippen LogP contribution is 2.25. The molecule has 6 nitrogen and oxygen atoms in total. The number of likely N-dealkylation sites (N-methyl/N-ethyl adjacent to an activating group) is 1. The third kappa shape index (κ3) is 5.19. The topological polar surface area (TPSA) is 75.7 Å². The maximum absolute atomic E-state index is 12.5. The molecule has 0 spiro atoms. The van der Waals surface area contributed by atoms with Crippen LogP contribution in [0.4, 0.5) is 0 Å². The molecule has 1 aromatic carbocycles. The monoisotopic (exact) mass is 368 g/mol. The lowest BCUT2D eigenvalue weighted by Crippen LogP contribution is -2.50. The van der Waals surface area contributed by atoms with Crippen molar-refractivity contribution in [2.24, 2.45) is 0 Å². The van der Waals surface area contributed by atoms with Crippen LogP contribution in [0.3, 0.4) is 0 Å². The van der Waals surface area contributed by atoms with Crippen LogP contribution in [0, 0.1) is 0 Å². The summed E-state index contributed by atoms with van der Waals surface area (Å²) in [6.45, 7) is 6.79. The molecular formula is C18H28N2O4S. The fourth-order valence-electron chi connectivity index (χ4n) is 3.30. The van der Waals surface area contributed by atoms with Crippen LogP contribution in [0.5, 0.6) is 5.75 Å². The van der Waals surface area contributed by atoms with Crippen molar-refractivity contribution >= 4 is 15.7 Å². The Labute approximate surface area is 150 Å². The molecule has 1 heterocycles. The van der Waals surface area contributed by atoms with Gasteiger partial charge >= 0.3 is 0 Å². The Balaban J connectivity index is 2.02. The molecule has 1 fully saturated rings. The van der Waals surface area contributed by atoms with E-state index in [2.05, 4.69) is 10.2 Å². The van der Waals surface area contributed by atoms with Gasteiger partial charge in [-0.3, -0.25) is 9.69 Å². The third-order valence-electron chi connectivity index (χ3n) is 4.82. The summed E-state index contributed by atoms with van der Waals surface area (Å²) in [5, 5.41) is 2.92. The van der Waals surface area contributed by atoms with E-state index in [1.165, 1.54) is 0 Å². The summed E-state index contributed by atoms with van der Waals surface area (Å²) in [4.78, 5) is 14.5. The molecule has 2 unspecified atom stereocenters. The van der Waals surface area contributed by atoms with Crippen molar-refractivity contribution in [3.63, 3.8) is 0 Å². The van der Waals surface area contributed by atoms with Gasteiger partial charge in [-0.1, -0.05) is 19.1 Å². The quantitative estimate of drug-likeness (QED) is 0.794. The molecule has 0 saturated carbocycles. The summed E-state index contributed by atoms with van der Waals surface area (Å²) >= 11 is 0. The molecule has 2 rings (SSSR count). The SMILES string of the molecule is CCN(CC(=O)NC1(C)CCS(=O)(=O)C1)C(C)c1cccc(OC)c1. The van der Waals surface area contributed by atoms with Gasteiger partial charge in [0.1, 0.15) is 5.75 Å². The number of hydrogen-bond acceptors (Lipinski definition) is 5. The zero-order valence-electron chi connectivity index (χ0n) is 15.4. The molecule has 0 radical (unpaired) electrons. The second kappa shape index (κ2) is 7.74. The van der Waals surface area contributed by atoms with E-state index >= 15 is 0 Å². The van der Waals surface area contributed by atoms with E-state index in [0.29, 0.717) is 13.0 Å². The normalized spacial score (nSPS) is 23.4. The predicted octanol–water partition coefficient (Wildman–Crippen LogP) is 1.77. The van der Waals surface area contributed by atoms with Gasteiger partial charge in [0, 0.05) is 6.04 Å². The number of carbonyl (C=O) groups excluding carboxylic acids is 1. The van der Waals surface area contributed by atoms with Crippen LogP contribution in [0.1, 0.15) is 38.8 Å². The van der Waals surface area contributed by atoms with Crippen LogP contribution in [0.2, 0.25) is 0 Å². The van der Waals surface area contributed by atoms with Crippen LogP contribution < -0.4 is 10.1 Å². The van der Waals surface area contributed by atoms with Crippen LogP contribution >= 0.6 is 0 Å². The summed E-state index contributed by atoms with van der Waals surface area (Å²) < 4.78 is 28.6. The maximum Gasteiger partial charge on any atom is 0.234 e. The largest absolute Gasteiger partial charge is 0.497 e. The Morgan fingerprint density at radius 1 is 1.44 bits per heavy atom. The van der Waals surface area contributed by atoms with E-state index in [1.54, 1.807) is 14.0 Å². The van der Waals surface area contributed by atoms with Crippen molar-refractivity contribution in [2.45, 2.75) is 38.8 Å². The lowest BCUT2D eigenvalue weighted by molar-refractivity contribution is -0.124. The molecule has 7 heteroatoms. The highest BCUT2D eigenvalue weighted by Gasteiger charge is 2.39. The Morgan fingerprint density at radius 2 is 2.16 bits per heavy atom. The predicted molar refractivity (Wildman–Crippen MR) is 98.5 cm³/mol. The van der Waals surface area contributed by atoms with Crippen molar-refractivity contribution in [3.05, 3.63) is 29.8 Å². The van der Waals surface area contributed by atoms with Crippen molar-refractivity contribution in [2.75, 3.05) is 31.7 Å². The lowest BCUT2D eigenvalue weighted by atomic mass is 10.0. The van der Waals surface area contributed by atoms with Gasteiger partial charge in [0.05, 0.1) is 30.7 Å². The second-order valence-electron chi connectivity index (χ2n) is 6.97. The minimum atomic E-state index is -3.04. The number of amides is 1. The van der Waals surface area contributed by atoms with E-state index < -0.39 is 15.4 Å². The number of sulfone groups is 1. The van der Waals surface area contributed by atoms with Crippen LogP contribution in [-0.2, 0) is 14.6 Å². The van der Waals surface area contributed by atoms with Gasteiger partial charge in [-0.25, -0.2) is 8.42 Å². The maximum atomic E-state index is 12.5. The molecule has 1 aliphatic heterocycles. The molecule has 1 aromatic rings. The van der Waals surface area contributed by atoms with E-state index in [1.807, 2.05) is 38.1 Å². The van der Waals surface area contributed by atoms with Gasteiger partial charge in [0.15, 0.2) is 9.84 Å². The van der Waals surface area contributed by atoms with Crippen LogP contribution in [-0.4, -0.2) is 56.5 Å². The van der Waals surface area contributed by atoms with E-state index in [-0.39, 0.29) is 30.0 Å². The average Bonchev–Trinajstić information content (AvgIpc) is 2.84. The Bertz CT molecular complexity index is 720. The standard InChI is InChI=1S/C18H28N2O4S/c1-5-20(14(2)15-7-6-8-16(11-15)24-4)12-17(21)19-18(3)9-10-25(22,23)13-18/h6-8,11,14H,5,9-10,12-13H2,1-4H3,(H,19,21). The fourth-order valence-corrected chi connectivity index (χ4v) is 5.40. The van der Waals surface area contributed by atoms with Crippen molar-refractivity contribution in [1.29, 1.82) is 0 Å². The van der Waals surface area contributed by atoms with Crippen molar-refractivity contribution < 1.29 is 17.9 Å². The number of nitrogens with zero attached hydrogens (tertiary/aromatic N) is 1. The van der Waals surface area contributed by atoms with Gasteiger partial charge in [0.25, 0.3) is 0 Å². The number of methoxy groups -OCH3 is 1. The summed E-state index contributed by atoms with van der Waals surface area (Å²) in [5.74, 6) is 0.801. The molecule has 0 bridgehead atoms. The Kier molecular flexibility index (Phi) is 6.11. The average molecular weight is 368 g/mol. The highest BCUT2D eigenvalue weighted by molar-refractivity contribution is 7.91. The number of carbonyl (C=O) groups is 1. The third-order valence-corrected chi connectivity index (χ3v) is 6.72. The molecule has 1 amide bonds. The smallest absolute Gasteiger partial charge is 0.234 e. The molecule has 25 heavy (non-hydrogen) atoms. The molecule has 0 aromatic heterocycles. The van der Waals surface area contributed by atoms with Crippen LogP contribution in [0.15, 0.2) is 24.3 Å². The minimum Gasteiger partial charge on any atom is -0.497 e. The Hall–Kier alpha value is -1.60. The zero-order chi connectivity index (χ0) is 18.7. The van der Waals surface area contributed by atoms with Gasteiger partial charge in [-0.15, -0.1) is 0 Å². The number of rotatable bonds is 7. The van der Waals surface area contributed by atoms with Gasteiger partial charge in [-0.05, 0) is 44.5 Å². The first-order valence-corrected chi connectivity index (χ1v) is 10.4. The molecule has 1 aliphatic rings. The van der Waals surface area contributed by atoms with E-state index in [4.69, 9.17) is 4.74 Å². The molecule has 140 valence electrons.